The molecular formula is C32H47FO5. The topological polar surface area (TPSA) is 87.0 Å². The van der Waals surface area contributed by atoms with Crippen LogP contribution < -0.4 is 4.74 Å². The van der Waals surface area contributed by atoms with Gasteiger partial charge in [0.25, 0.3) is 0 Å². The molecule has 0 saturated heterocycles. The second-order valence-corrected chi connectivity index (χ2v) is 13.7. The minimum absolute atomic E-state index is 0.136. The van der Waals surface area contributed by atoms with E-state index in [0.29, 0.717) is 42.1 Å². The van der Waals surface area contributed by atoms with Gasteiger partial charge in [-0.25, -0.2) is 9.18 Å². The summed E-state index contributed by atoms with van der Waals surface area (Å²) in [4.78, 5) is 11.5. The summed E-state index contributed by atoms with van der Waals surface area (Å²) in [5, 5.41) is 31.8. The van der Waals surface area contributed by atoms with Gasteiger partial charge < -0.3 is 20.1 Å². The lowest BCUT2D eigenvalue weighted by molar-refractivity contribution is -0.203. The van der Waals surface area contributed by atoms with E-state index in [4.69, 9.17) is 4.74 Å². The number of benzene rings is 1. The van der Waals surface area contributed by atoms with Gasteiger partial charge in [-0.3, -0.25) is 0 Å². The predicted octanol–water partition coefficient (Wildman–Crippen LogP) is 6.56. The molecule has 4 aliphatic rings. The quantitative estimate of drug-likeness (QED) is 0.372. The zero-order valence-corrected chi connectivity index (χ0v) is 23.5. The summed E-state index contributed by atoms with van der Waals surface area (Å²) < 4.78 is 19.4. The summed E-state index contributed by atoms with van der Waals surface area (Å²) in [6.45, 7) is 9.86. The number of fused-ring (bicyclic) bond motifs is 5. The van der Waals surface area contributed by atoms with Gasteiger partial charge in [0.1, 0.15) is 17.1 Å². The van der Waals surface area contributed by atoms with Crippen molar-refractivity contribution in [3.63, 3.8) is 0 Å². The molecule has 212 valence electrons. The normalized spacial score (nSPS) is 43.0. The molecule has 4 aliphatic carbocycles. The van der Waals surface area contributed by atoms with E-state index < -0.39 is 11.8 Å². The summed E-state index contributed by atoms with van der Waals surface area (Å²) in [5.41, 5.74) is 0.251. The number of hydrogen-bond acceptors (Lipinski definition) is 4. The van der Waals surface area contributed by atoms with E-state index in [9.17, 15) is 24.5 Å². The molecule has 0 aromatic heterocycles. The lowest BCUT2D eigenvalue weighted by atomic mass is 9.41. The highest BCUT2D eigenvalue weighted by Crippen LogP contribution is 2.69. The first-order valence-corrected chi connectivity index (χ1v) is 15.0. The summed E-state index contributed by atoms with van der Waals surface area (Å²) in [6, 6.07) is 3.66. The Morgan fingerprint density at radius 2 is 1.79 bits per heavy atom. The van der Waals surface area contributed by atoms with Gasteiger partial charge in [0.2, 0.25) is 0 Å². The third-order valence-corrected chi connectivity index (χ3v) is 12.2. The molecule has 1 aromatic carbocycles. The van der Waals surface area contributed by atoms with Crippen LogP contribution in [-0.2, 0) is 0 Å². The Bertz CT molecular complexity index is 1030. The molecule has 6 heteroatoms. The number of halogens is 1. The fraction of sp³-hybridized carbons (Fsp3) is 0.781. The molecule has 0 aliphatic heterocycles. The van der Waals surface area contributed by atoms with Crippen LogP contribution >= 0.6 is 0 Å². The van der Waals surface area contributed by atoms with Gasteiger partial charge >= 0.3 is 5.97 Å². The molecule has 11 atom stereocenters. The Kier molecular flexibility index (Phi) is 7.62. The fourth-order valence-electron chi connectivity index (χ4n) is 10.3. The van der Waals surface area contributed by atoms with Gasteiger partial charge in [0, 0.05) is 0 Å². The second kappa shape index (κ2) is 10.4. The molecule has 0 spiro atoms. The molecule has 38 heavy (non-hydrogen) atoms. The van der Waals surface area contributed by atoms with Crippen molar-refractivity contribution in [2.45, 2.75) is 97.7 Å². The summed E-state index contributed by atoms with van der Waals surface area (Å²) in [6.07, 6.45) is 8.74. The smallest absolute Gasteiger partial charge is 0.339 e. The van der Waals surface area contributed by atoms with E-state index in [0.717, 1.165) is 57.4 Å². The Hall–Kier alpha value is -1.66. The number of carboxylic acid groups (broad SMARTS) is 1. The number of aliphatic hydroxyl groups is 2. The van der Waals surface area contributed by atoms with Crippen LogP contribution in [0.2, 0.25) is 0 Å². The third-order valence-electron chi connectivity index (χ3n) is 12.2. The maximum atomic E-state index is 13.5. The molecule has 3 N–H and O–H groups in total. The number of carboxylic acids is 1. The van der Waals surface area contributed by atoms with Gasteiger partial charge in [-0.05, 0) is 122 Å². The van der Waals surface area contributed by atoms with Crippen LogP contribution in [0.25, 0.3) is 0 Å². The van der Waals surface area contributed by atoms with Gasteiger partial charge in [-0.2, -0.15) is 0 Å². The van der Waals surface area contributed by atoms with Crippen molar-refractivity contribution in [2.75, 3.05) is 6.61 Å². The minimum Gasteiger partial charge on any atom is -0.493 e. The molecule has 5 rings (SSSR count). The Labute approximate surface area is 227 Å². The second-order valence-electron chi connectivity index (χ2n) is 13.7. The number of ether oxygens (including phenoxy) is 1. The van der Waals surface area contributed by atoms with Crippen LogP contribution in [-0.4, -0.2) is 40.1 Å². The lowest BCUT2D eigenvalue weighted by Gasteiger charge is -2.64. The summed E-state index contributed by atoms with van der Waals surface area (Å²) in [7, 11) is 0. The van der Waals surface area contributed by atoms with Crippen molar-refractivity contribution >= 4 is 5.97 Å². The molecule has 0 heterocycles. The highest BCUT2D eigenvalue weighted by molar-refractivity contribution is 5.90. The van der Waals surface area contributed by atoms with Crippen molar-refractivity contribution in [2.24, 2.45) is 52.3 Å². The van der Waals surface area contributed by atoms with Crippen LogP contribution in [0.15, 0.2) is 18.2 Å². The van der Waals surface area contributed by atoms with Crippen molar-refractivity contribution in [3.05, 3.63) is 29.6 Å². The lowest BCUT2D eigenvalue weighted by Crippen LogP contribution is -2.62. The van der Waals surface area contributed by atoms with Gasteiger partial charge in [0.05, 0.1) is 18.8 Å². The number of aliphatic hydroxyl groups excluding tert-OH is 2. The van der Waals surface area contributed by atoms with Crippen molar-refractivity contribution in [1.82, 2.24) is 0 Å². The predicted molar refractivity (Wildman–Crippen MR) is 144 cm³/mol. The standard InChI is InChI=1S/C32H47FO5/c1-5-21-26-17-20(34)10-13-32(26,4)25-11-14-31(3)23(7-8-24(31)28(25)29(21)35)18(2)12-15-38-27-9-6-19(33)16-22(27)30(36)37/h6,9,16,18,20-21,23-26,28-29,34-35H,5,7-8,10-15,17H2,1-4H3,(H,36,37)/t18-,20-,21-,23-,24?,25?,26+,28?,29-,31-,32-/m1/s1. The van der Waals surface area contributed by atoms with E-state index >= 15 is 0 Å². The molecule has 0 amide bonds. The molecule has 4 saturated carbocycles. The number of rotatable bonds is 7. The average Bonchev–Trinajstić information content (AvgIpc) is 3.23. The highest BCUT2D eigenvalue weighted by atomic mass is 19.1. The molecule has 3 unspecified atom stereocenters. The van der Waals surface area contributed by atoms with E-state index in [1.54, 1.807) is 0 Å². The van der Waals surface area contributed by atoms with Gasteiger partial charge in [-0.1, -0.05) is 34.1 Å². The van der Waals surface area contributed by atoms with E-state index in [2.05, 4.69) is 27.7 Å². The third kappa shape index (κ3) is 4.48. The van der Waals surface area contributed by atoms with Crippen LogP contribution in [0.3, 0.4) is 0 Å². The molecule has 1 aromatic rings. The van der Waals surface area contributed by atoms with Gasteiger partial charge in [-0.15, -0.1) is 0 Å². The number of aromatic carboxylic acids is 1. The molecule has 5 nitrogen and oxygen atoms in total. The first-order valence-electron chi connectivity index (χ1n) is 15.0. The minimum atomic E-state index is -1.18. The SMILES string of the molecule is CC[C@H]1[C@@H](O)C2C3CC[C@H]([C@H](C)CCOc4ccc(F)cc4C(=O)O)[C@@]3(C)CCC2[C@@]2(C)CC[C@@H](O)C[C@@H]12. The fourth-order valence-corrected chi connectivity index (χ4v) is 10.3. The van der Waals surface area contributed by atoms with Crippen LogP contribution in [0, 0.1) is 58.1 Å². The zero-order valence-electron chi connectivity index (χ0n) is 23.5. The number of hydrogen-bond donors (Lipinski definition) is 3. The van der Waals surface area contributed by atoms with Crippen molar-refractivity contribution in [1.29, 1.82) is 0 Å². The van der Waals surface area contributed by atoms with Gasteiger partial charge in [0.15, 0.2) is 0 Å². The Morgan fingerprint density at radius 1 is 1.08 bits per heavy atom. The maximum Gasteiger partial charge on any atom is 0.339 e. The van der Waals surface area contributed by atoms with Crippen LogP contribution in [0.4, 0.5) is 4.39 Å². The molecule has 4 fully saturated rings. The van der Waals surface area contributed by atoms with E-state index in [1.165, 1.54) is 18.6 Å². The Morgan fingerprint density at radius 3 is 2.50 bits per heavy atom. The summed E-state index contributed by atoms with van der Waals surface area (Å²) in [5.74, 6) is 1.45. The monoisotopic (exact) mass is 530 g/mol. The Balaban J connectivity index is 1.30. The summed E-state index contributed by atoms with van der Waals surface area (Å²) >= 11 is 0. The zero-order chi connectivity index (χ0) is 27.4. The van der Waals surface area contributed by atoms with E-state index in [-0.39, 0.29) is 40.3 Å². The average molecular weight is 531 g/mol. The maximum absolute atomic E-state index is 13.5. The first-order chi connectivity index (χ1) is 18.0. The van der Waals surface area contributed by atoms with Crippen LogP contribution in [0.5, 0.6) is 5.75 Å². The molecule has 0 radical (unpaired) electrons. The van der Waals surface area contributed by atoms with E-state index in [1.807, 2.05) is 0 Å². The number of carbonyl (C=O) groups is 1. The van der Waals surface area contributed by atoms with Crippen molar-refractivity contribution < 1.29 is 29.2 Å². The first kappa shape index (κ1) is 27.9. The van der Waals surface area contributed by atoms with Crippen molar-refractivity contribution in [3.8, 4) is 5.75 Å². The highest BCUT2D eigenvalue weighted by Gasteiger charge is 2.64. The molecular weight excluding hydrogens is 483 g/mol. The largest absolute Gasteiger partial charge is 0.493 e. The molecule has 0 bridgehead atoms. The van der Waals surface area contributed by atoms with Crippen LogP contribution in [0.1, 0.15) is 95.8 Å².